The highest BCUT2D eigenvalue weighted by molar-refractivity contribution is 6.00. The molecule has 0 spiro atoms. The molecule has 0 saturated heterocycles. The molecule has 0 aliphatic rings. The van der Waals surface area contributed by atoms with Gasteiger partial charge in [-0.3, -0.25) is 14.2 Å². The lowest BCUT2D eigenvalue weighted by molar-refractivity contribution is -0.122. The van der Waals surface area contributed by atoms with Crippen molar-refractivity contribution in [2.24, 2.45) is 0 Å². The summed E-state index contributed by atoms with van der Waals surface area (Å²) in [6, 6.07) is 14.8. The molecule has 0 bridgehead atoms. The Morgan fingerprint density at radius 2 is 1.89 bits per heavy atom. The van der Waals surface area contributed by atoms with E-state index in [0.717, 1.165) is 29.0 Å². The van der Waals surface area contributed by atoms with Gasteiger partial charge in [0.15, 0.2) is 0 Å². The number of hydrogen-bond donors (Lipinski definition) is 2. The number of imidazole rings is 1. The van der Waals surface area contributed by atoms with Crippen LogP contribution in [0.15, 0.2) is 48.5 Å². The number of aryl methyl sites for hydroxylation is 1. The second-order valence-corrected chi connectivity index (χ2v) is 6.52. The predicted octanol–water partition coefficient (Wildman–Crippen LogP) is 2.98. The molecule has 0 aliphatic carbocycles. The zero-order valence-corrected chi connectivity index (χ0v) is 15.8. The van der Waals surface area contributed by atoms with Gasteiger partial charge in [0.1, 0.15) is 11.9 Å². The van der Waals surface area contributed by atoms with Crippen molar-refractivity contribution >= 4 is 22.8 Å². The van der Waals surface area contributed by atoms with E-state index in [9.17, 15) is 9.59 Å². The smallest absolute Gasteiger partial charge is 0.251 e. The average Bonchev–Trinajstić information content (AvgIpc) is 3.01. The summed E-state index contributed by atoms with van der Waals surface area (Å²) in [5.41, 5.74) is 3.18. The van der Waals surface area contributed by atoms with Crippen molar-refractivity contribution in [3.8, 4) is 5.69 Å². The lowest BCUT2D eigenvalue weighted by atomic mass is 10.1. The zero-order chi connectivity index (χ0) is 19.4. The van der Waals surface area contributed by atoms with Gasteiger partial charge in [-0.25, -0.2) is 4.98 Å². The number of amides is 2. The van der Waals surface area contributed by atoms with Crippen LogP contribution in [-0.4, -0.2) is 34.0 Å². The Hall–Kier alpha value is -3.15. The lowest BCUT2D eigenvalue weighted by Gasteiger charge is -2.14. The number of nitrogens with zero attached hydrogens (tertiary/aromatic N) is 2. The molecule has 1 heterocycles. The molecule has 1 atom stereocenters. The van der Waals surface area contributed by atoms with E-state index < -0.39 is 6.04 Å². The van der Waals surface area contributed by atoms with Crippen LogP contribution in [0.2, 0.25) is 0 Å². The molecule has 3 rings (SSSR count). The molecular formula is C21H24N4O2. The average molecular weight is 364 g/mol. The largest absolute Gasteiger partial charge is 0.354 e. The molecular weight excluding hydrogens is 340 g/mol. The molecule has 1 aromatic heterocycles. The number of rotatable bonds is 6. The Kier molecular flexibility index (Phi) is 5.54. The van der Waals surface area contributed by atoms with Crippen LogP contribution in [-0.2, 0) is 4.79 Å². The fourth-order valence-corrected chi connectivity index (χ4v) is 2.99. The Morgan fingerprint density at radius 1 is 1.15 bits per heavy atom. The summed E-state index contributed by atoms with van der Waals surface area (Å²) in [4.78, 5) is 29.0. The van der Waals surface area contributed by atoms with Crippen molar-refractivity contribution in [1.29, 1.82) is 0 Å². The first-order chi connectivity index (χ1) is 13.0. The maximum Gasteiger partial charge on any atom is 0.251 e. The number of carbonyl (C=O) groups is 2. The Balaban J connectivity index is 1.83. The molecule has 0 aliphatic heterocycles. The third-order valence-corrected chi connectivity index (χ3v) is 4.39. The topological polar surface area (TPSA) is 76.0 Å². The number of nitrogens with one attached hydrogen (secondary N) is 2. The fourth-order valence-electron chi connectivity index (χ4n) is 2.99. The zero-order valence-electron chi connectivity index (χ0n) is 15.8. The normalized spacial score (nSPS) is 12.0. The van der Waals surface area contributed by atoms with E-state index in [2.05, 4.69) is 20.2 Å². The van der Waals surface area contributed by atoms with E-state index in [4.69, 9.17) is 0 Å². The summed E-state index contributed by atoms with van der Waals surface area (Å²) < 4.78 is 2.05. The highest BCUT2D eigenvalue weighted by Crippen LogP contribution is 2.22. The van der Waals surface area contributed by atoms with Crippen molar-refractivity contribution in [3.63, 3.8) is 0 Å². The van der Waals surface area contributed by atoms with Crippen molar-refractivity contribution in [1.82, 2.24) is 20.2 Å². The summed E-state index contributed by atoms with van der Waals surface area (Å²) in [7, 11) is 0. The summed E-state index contributed by atoms with van der Waals surface area (Å²) in [5, 5.41) is 5.52. The Bertz CT molecular complexity index is 963. The van der Waals surface area contributed by atoms with Crippen LogP contribution in [0.5, 0.6) is 0 Å². The molecule has 6 nitrogen and oxygen atoms in total. The molecule has 140 valence electrons. The molecule has 0 unspecified atom stereocenters. The van der Waals surface area contributed by atoms with Gasteiger partial charge in [-0.1, -0.05) is 25.1 Å². The van der Waals surface area contributed by atoms with Crippen LogP contribution in [0.4, 0.5) is 0 Å². The van der Waals surface area contributed by atoms with E-state index >= 15 is 0 Å². The van der Waals surface area contributed by atoms with Crippen LogP contribution in [0, 0.1) is 6.92 Å². The van der Waals surface area contributed by atoms with Gasteiger partial charge in [-0.15, -0.1) is 0 Å². The van der Waals surface area contributed by atoms with E-state index in [1.807, 2.05) is 50.2 Å². The summed E-state index contributed by atoms with van der Waals surface area (Å²) >= 11 is 0. The van der Waals surface area contributed by atoms with Crippen molar-refractivity contribution in [2.75, 3.05) is 6.54 Å². The second kappa shape index (κ2) is 8.03. The number of aromatic nitrogens is 2. The number of benzene rings is 2. The highest BCUT2D eigenvalue weighted by atomic mass is 16.2. The van der Waals surface area contributed by atoms with E-state index in [1.54, 1.807) is 19.1 Å². The quantitative estimate of drug-likeness (QED) is 0.706. The van der Waals surface area contributed by atoms with Gasteiger partial charge >= 0.3 is 0 Å². The predicted molar refractivity (Wildman–Crippen MR) is 106 cm³/mol. The van der Waals surface area contributed by atoms with E-state index in [-0.39, 0.29) is 11.8 Å². The summed E-state index contributed by atoms with van der Waals surface area (Å²) in [6.45, 7) is 6.19. The van der Waals surface area contributed by atoms with Crippen LogP contribution >= 0.6 is 0 Å². The molecule has 6 heteroatoms. The van der Waals surface area contributed by atoms with Crippen LogP contribution in [0.1, 0.15) is 36.5 Å². The molecule has 2 aromatic carbocycles. The van der Waals surface area contributed by atoms with Crippen LogP contribution in [0.3, 0.4) is 0 Å². The minimum atomic E-state index is -0.594. The van der Waals surface area contributed by atoms with Crippen molar-refractivity contribution in [2.45, 2.75) is 33.2 Å². The Labute approximate surface area is 158 Å². The number of fused-ring (bicyclic) bond motifs is 1. The number of hydrogen-bond acceptors (Lipinski definition) is 3. The maximum absolute atomic E-state index is 12.5. The van der Waals surface area contributed by atoms with Gasteiger partial charge in [-0.05, 0) is 50.6 Å². The van der Waals surface area contributed by atoms with Crippen molar-refractivity contribution in [3.05, 3.63) is 59.9 Å². The third kappa shape index (κ3) is 4.00. The molecule has 0 saturated carbocycles. The monoisotopic (exact) mass is 364 g/mol. The van der Waals surface area contributed by atoms with Gasteiger partial charge in [0.2, 0.25) is 5.91 Å². The van der Waals surface area contributed by atoms with Gasteiger partial charge in [-0.2, -0.15) is 0 Å². The first-order valence-corrected chi connectivity index (χ1v) is 9.14. The fraction of sp³-hybridized carbons (Fsp3) is 0.286. The van der Waals surface area contributed by atoms with Crippen LogP contribution in [0.25, 0.3) is 16.7 Å². The molecule has 2 N–H and O–H groups in total. The standard InChI is InChI=1S/C21H24N4O2/c1-4-12-22-20(26)14(2)23-21(27)16-10-11-19-18(13-16)24-15(3)25(19)17-8-6-5-7-9-17/h5-11,13-14H,4,12H2,1-3H3,(H,22,26)(H,23,27)/t14-/m1/s1. The molecule has 3 aromatic rings. The maximum atomic E-state index is 12.5. The SMILES string of the molecule is CCCNC(=O)[C@@H](C)NC(=O)c1ccc2c(c1)nc(C)n2-c1ccccc1. The van der Waals surface area contributed by atoms with Gasteiger partial charge in [0.05, 0.1) is 11.0 Å². The number of carbonyl (C=O) groups excluding carboxylic acids is 2. The Morgan fingerprint density at radius 3 is 2.59 bits per heavy atom. The van der Waals surface area contributed by atoms with Crippen molar-refractivity contribution < 1.29 is 9.59 Å². The first-order valence-electron chi connectivity index (χ1n) is 9.14. The minimum absolute atomic E-state index is 0.185. The van der Waals surface area contributed by atoms with E-state index in [1.165, 1.54) is 0 Å². The van der Waals surface area contributed by atoms with Gasteiger partial charge in [0.25, 0.3) is 5.91 Å². The molecule has 0 radical (unpaired) electrons. The third-order valence-electron chi connectivity index (χ3n) is 4.39. The highest BCUT2D eigenvalue weighted by Gasteiger charge is 2.17. The minimum Gasteiger partial charge on any atom is -0.354 e. The van der Waals surface area contributed by atoms with Gasteiger partial charge in [0, 0.05) is 17.8 Å². The van der Waals surface area contributed by atoms with E-state index in [0.29, 0.717) is 12.1 Å². The lowest BCUT2D eigenvalue weighted by Crippen LogP contribution is -2.45. The number of para-hydroxylation sites is 1. The summed E-state index contributed by atoms with van der Waals surface area (Å²) in [5.74, 6) is 0.375. The second-order valence-electron chi connectivity index (χ2n) is 6.52. The summed E-state index contributed by atoms with van der Waals surface area (Å²) in [6.07, 6.45) is 0.854. The first kappa shape index (κ1) is 18.6. The molecule has 0 fully saturated rings. The molecule has 27 heavy (non-hydrogen) atoms. The van der Waals surface area contributed by atoms with Gasteiger partial charge < -0.3 is 10.6 Å². The van der Waals surface area contributed by atoms with Crippen LogP contribution < -0.4 is 10.6 Å². The molecule has 2 amide bonds.